The molecule has 0 spiro atoms. The van der Waals surface area contributed by atoms with Crippen LogP contribution in [-0.4, -0.2) is 9.78 Å². The van der Waals surface area contributed by atoms with Crippen molar-refractivity contribution in [2.75, 3.05) is 0 Å². The van der Waals surface area contributed by atoms with Gasteiger partial charge in [-0.2, -0.15) is 5.10 Å². The summed E-state index contributed by atoms with van der Waals surface area (Å²) >= 11 is 0. The van der Waals surface area contributed by atoms with E-state index in [9.17, 15) is 4.39 Å². The van der Waals surface area contributed by atoms with Gasteiger partial charge in [0, 0.05) is 29.9 Å². The second-order valence-electron chi connectivity index (χ2n) is 5.56. The lowest BCUT2D eigenvalue weighted by Gasteiger charge is -2.21. The first-order valence-corrected chi connectivity index (χ1v) is 7.49. The van der Waals surface area contributed by atoms with Crippen molar-refractivity contribution in [2.24, 2.45) is 0 Å². The van der Waals surface area contributed by atoms with Crippen molar-refractivity contribution in [3.63, 3.8) is 0 Å². The van der Waals surface area contributed by atoms with Gasteiger partial charge in [-0.3, -0.25) is 4.68 Å². The average molecular weight is 289 g/mol. The molecule has 1 N–H and O–H groups in total. The van der Waals surface area contributed by atoms with Crippen LogP contribution in [0.1, 0.15) is 55.4 Å². The first-order chi connectivity index (χ1) is 9.93. The van der Waals surface area contributed by atoms with Gasteiger partial charge < -0.3 is 5.32 Å². The molecule has 114 valence electrons. The predicted octanol–water partition coefficient (Wildman–Crippen LogP) is 4.07. The van der Waals surface area contributed by atoms with E-state index in [4.69, 9.17) is 0 Å². The zero-order valence-corrected chi connectivity index (χ0v) is 13.4. The molecule has 0 amide bonds. The van der Waals surface area contributed by atoms with Gasteiger partial charge in [0.1, 0.15) is 5.82 Å². The highest BCUT2D eigenvalue weighted by Crippen LogP contribution is 2.24. The molecule has 0 aliphatic rings. The minimum Gasteiger partial charge on any atom is -0.304 e. The van der Waals surface area contributed by atoms with Crippen molar-refractivity contribution >= 4 is 0 Å². The van der Waals surface area contributed by atoms with Gasteiger partial charge in [-0.05, 0) is 52.3 Å². The Kier molecular flexibility index (Phi) is 4.78. The van der Waals surface area contributed by atoms with E-state index < -0.39 is 0 Å². The molecule has 21 heavy (non-hydrogen) atoms. The minimum atomic E-state index is -0.199. The van der Waals surface area contributed by atoms with Crippen LogP contribution in [0.3, 0.4) is 0 Å². The average Bonchev–Trinajstić information content (AvgIpc) is 2.73. The van der Waals surface area contributed by atoms with Gasteiger partial charge in [0.2, 0.25) is 0 Å². The molecular weight excluding hydrogens is 265 g/mol. The standard InChI is InChI=1S/C17H24FN3/c1-6-21-14(5)17(13(4)20-21)12(3)19-11(2)15-7-9-16(18)10-8-15/h7-12,19H,6H2,1-5H3/t11-,12?/m1/s1. The number of halogens is 1. The maximum atomic E-state index is 13.0. The number of hydrogen-bond donors (Lipinski definition) is 1. The van der Waals surface area contributed by atoms with Crippen molar-refractivity contribution in [3.05, 3.63) is 52.6 Å². The number of hydrogen-bond acceptors (Lipinski definition) is 2. The third kappa shape index (κ3) is 3.32. The molecular formula is C17H24FN3. The summed E-state index contributed by atoms with van der Waals surface area (Å²) in [5.74, 6) is -0.199. The molecule has 3 nitrogen and oxygen atoms in total. The summed E-state index contributed by atoms with van der Waals surface area (Å²) in [6, 6.07) is 7.02. The molecule has 2 aromatic rings. The lowest BCUT2D eigenvalue weighted by molar-refractivity contribution is 0.490. The third-order valence-corrected chi connectivity index (χ3v) is 4.04. The van der Waals surface area contributed by atoms with Gasteiger partial charge in [-0.15, -0.1) is 0 Å². The Bertz CT molecular complexity index is 601. The molecule has 0 radical (unpaired) electrons. The quantitative estimate of drug-likeness (QED) is 0.899. The van der Waals surface area contributed by atoms with Gasteiger partial charge in [0.25, 0.3) is 0 Å². The maximum absolute atomic E-state index is 13.0. The molecule has 4 heteroatoms. The summed E-state index contributed by atoms with van der Waals surface area (Å²) < 4.78 is 15.0. The molecule has 2 atom stereocenters. The van der Waals surface area contributed by atoms with E-state index in [1.54, 1.807) is 0 Å². The highest BCUT2D eigenvalue weighted by atomic mass is 19.1. The summed E-state index contributed by atoms with van der Waals surface area (Å²) in [4.78, 5) is 0. The molecule has 2 rings (SSSR count). The Morgan fingerprint density at radius 3 is 2.29 bits per heavy atom. The largest absolute Gasteiger partial charge is 0.304 e. The van der Waals surface area contributed by atoms with Crippen LogP contribution >= 0.6 is 0 Å². The monoisotopic (exact) mass is 289 g/mol. The van der Waals surface area contributed by atoms with Crippen LogP contribution in [0.25, 0.3) is 0 Å². The number of nitrogens with zero attached hydrogens (tertiary/aromatic N) is 2. The van der Waals surface area contributed by atoms with Gasteiger partial charge in [0.05, 0.1) is 5.69 Å². The van der Waals surface area contributed by atoms with E-state index in [0.717, 1.165) is 17.8 Å². The van der Waals surface area contributed by atoms with Gasteiger partial charge in [-0.1, -0.05) is 12.1 Å². The normalized spacial score (nSPS) is 14.2. The summed E-state index contributed by atoms with van der Waals surface area (Å²) in [5.41, 5.74) is 4.62. The van der Waals surface area contributed by atoms with Crippen LogP contribution < -0.4 is 5.32 Å². The molecule has 0 fully saturated rings. The first kappa shape index (κ1) is 15.7. The number of aryl methyl sites for hydroxylation is 2. The molecule has 0 saturated heterocycles. The summed E-state index contributed by atoms with van der Waals surface area (Å²) in [7, 11) is 0. The fourth-order valence-electron chi connectivity index (χ4n) is 2.95. The van der Waals surface area contributed by atoms with Gasteiger partial charge in [0.15, 0.2) is 0 Å². The van der Waals surface area contributed by atoms with Crippen molar-refractivity contribution in [3.8, 4) is 0 Å². The van der Waals surface area contributed by atoms with Crippen LogP contribution in [0, 0.1) is 19.7 Å². The fourth-order valence-corrected chi connectivity index (χ4v) is 2.95. The third-order valence-electron chi connectivity index (χ3n) is 4.04. The topological polar surface area (TPSA) is 29.9 Å². The molecule has 0 aliphatic carbocycles. The van der Waals surface area contributed by atoms with Crippen molar-refractivity contribution < 1.29 is 4.39 Å². The number of nitrogens with one attached hydrogen (secondary N) is 1. The second-order valence-corrected chi connectivity index (χ2v) is 5.56. The molecule has 1 heterocycles. The first-order valence-electron chi connectivity index (χ1n) is 7.49. The van der Waals surface area contributed by atoms with Crippen LogP contribution in [0.15, 0.2) is 24.3 Å². The summed E-state index contributed by atoms with van der Waals surface area (Å²) in [6.45, 7) is 11.4. The van der Waals surface area contributed by atoms with Crippen molar-refractivity contribution in [2.45, 2.75) is 53.2 Å². The Morgan fingerprint density at radius 2 is 1.76 bits per heavy atom. The summed E-state index contributed by atoms with van der Waals surface area (Å²) in [5, 5.41) is 8.14. The molecule has 0 bridgehead atoms. The van der Waals surface area contributed by atoms with E-state index in [-0.39, 0.29) is 17.9 Å². The number of rotatable bonds is 5. The zero-order chi connectivity index (χ0) is 15.6. The molecule has 0 aliphatic heterocycles. The molecule has 1 aromatic heterocycles. The Hall–Kier alpha value is -1.68. The minimum absolute atomic E-state index is 0.157. The van der Waals surface area contributed by atoms with E-state index in [0.29, 0.717) is 0 Å². The van der Waals surface area contributed by atoms with Gasteiger partial charge in [-0.25, -0.2) is 4.39 Å². The van der Waals surface area contributed by atoms with Crippen molar-refractivity contribution in [1.29, 1.82) is 0 Å². The Morgan fingerprint density at radius 1 is 1.14 bits per heavy atom. The Labute approximate surface area is 126 Å². The van der Waals surface area contributed by atoms with E-state index in [2.05, 4.69) is 45.0 Å². The smallest absolute Gasteiger partial charge is 0.123 e. The second kappa shape index (κ2) is 6.39. The fraction of sp³-hybridized carbons (Fsp3) is 0.471. The van der Waals surface area contributed by atoms with E-state index >= 15 is 0 Å². The van der Waals surface area contributed by atoms with Crippen LogP contribution in [-0.2, 0) is 6.54 Å². The number of benzene rings is 1. The Balaban J connectivity index is 2.16. The molecule has 1 aromatic carbocycles. The van der Waals surface area contributed by atoms with E-state index in [1.807, 2.05) is 16.8 Å². The van der Waals surface area contributed by atoms with E-state index in [1.165, 1.54) is 23.4 Å². The van der Waals surface area contributed by atoms with Crippen LogP contribution in [0.4, 0.5) is 4.39 Å². The zero-order valence-electron chi connectivity index (χ0n) is 13.4. The lowest BCUT2D eigenvalue weighted by Crippen LogP contribution is -2.23. The molecule has 0 saturated carbocycles. The predicted molar refractivity (Wildman–Crippen MR) is 83.7 cm³/mol. The highest BCUT2D eigenvalue weighted by Gasteiger charge is 2.19. The molecule has 1 unspecified atom stereocenters. The summed E-state index contributed by atoms with van der Waals surface area (Å²) in [6.07, 6.45) is 0. The highest BCUT2D eigenvalue weighted by molar-refractivity contribution is 5.28. The van der Waals surface area contributed by atoms with Crippen LogP contribution in [0.5, 0.6) is 0 Å². The SMILES string of the molecule is CCn1nc(C)c(C(C)N[C@H](C)c2ccc(F)cc2)c1C. The van der Waals surface area contributed by atoms with Crippen molar-refractivity contribution in [1.82, 2.24) is 15.1 Å². The number of aromatic nitrogens is 2. The van der Waals surface area contributed by atoms with Crippen LogP contribution in [0.2, 0.25) is 0 Å². The lowest BCUT2D eigenvalue weighted by atomic mass is 10.0. The maximum Gasteiger partial charge on any atom is 0.123 e. The van der Waals surface area contributed by atoms with Gasteiger partial charge >= 0.3 is 0 Å².